The molecular formula is C21H23BrClNOS. The molecule has 1 aliphatic heterocycles. The molecule has 1 aliphatic carbocycles. The fourth-order valence-electron chi connectivity index (χ4n) is 4.32. The van der Waals surface area contributed by atoms with Gasteiger partial charge in [0.1, 0.15) is 0 Å². The summed E-state index contributed by atoms with van der Waals surface area (Å²) in [5.41, 5.74) is 2.13. The predicted molar refractivity (Wildman–Crippen MR) is 114 cm³/mol. The van der Waals surface area contributed by atoms with E-state index >= 15 is 0 Å². The van der Waals surface area contributed by atoms with Crippen molar-refractivity contribution in [2.75, 3.05) is 17.2 Å². The van der Waals surface area contributed by atoms with Gasteiger partial charge in [0.15, 0.2) is 0 Å². The molecular weight excluding hydrogens is 430 g/mol. The fourth-order valence-corrected chi connectivity index (χ4v) is 6.57. The van der Waals surface area contributed by atoms with E-state index in [9.17, 15) is 4.21 Å². The van der Waals surface area contributed by atoms with Gasteiger partial charge in [-0.15, -0.1) is 0 Å². The molecule has 2 unspecified atom stereocenters. The van der Waals surface area contributed by atoms with E-state index in [4.69, 9.17) is 11.6 Å². The summed E-state index contributed by atoms with van der Waals surface area (Å²) in [6.45, 7) is 0.908. The van der Waals surface area contributed by atoms with Crippen molar-refractivity contribution in [2.45, 2.75) is 37.0 Å². The highest BCUT2D eigenvalue weighted by molar-refractivity contribution is 9.10. The quantitative estimate of drug-likeness (QED) is 0.514. The van der Waals surface area contributed by atoms with Crippen LogP contribution in [-0.4, -0.2) is 16.5 Å². The maximum Gasteiger partial charge on any atom is 0.0637 e. The van der Waals surface area contributed by atoms with E-state index in [-0.39, 0.29) is 0 Å². The molecule has 138 valence electrons. The maximum absolute atomic E-state index is 13.2. The Morgan fingerprint density at radius 1 is 1.04 bits per heavy atom. The van der Waals surface area contributed by atoms with E-state index in [0.717, 1.165) is 33.0 Å². The van der Waals surface area contributed by atoms with Crippen LogP contribution in [0.1, 0.15) is 32.1 Å². The summed E-state index contributed by atoms with van der Waals surface area (Å²) in [5, 5.41) is 0.665. The molecule has 2 aromatic carbocycles. The molecule has 2 atom stereocenters. The van der Waals surface area contributed by atoms with Crippen molar-refractivity contribution in [3.8, 4) is 0 Å². The van der Waals surface area contributed by atoms with Crippen LogP contribution in [-0.2, 0) is 10.8 Å². The van der Waals surface area contributed by atoms with Crippen LogP contribution in [0, 0.1) is 11.8 Å². The number of fused-ring (bicyclic) bond motifs is 1. The van der Waals surface area contributed by atoms with E-state index in [0.29, 0.717) is 16.9 Å². The van der Waals surface area contributed by atoms with Crippen molar-refractivity contribution >= 4 is 49.7 Å². The van der Waals surface area contributed by atoms with Crippen LogP contribution >= 0.6 is 27.5 Å². The smallest absolute Gasteiger partial charge is 0.0637 e. The Balaban J connectivity index is 1.78. The summed E-state index contributed by atoms with van der Waals surface area (Å²) < 4.78 is 14.0. The predicted octanol–water partition coefficient (Wildman–Crippen LogP) is 6.56. The Morgan fingerprint density at radius 2 is 1.77 bits per heavy atom. The Bertz CT molecular complexity index is 807. The number of halogens is 2. The standard InChI is InChI=1S/C21H23BrClNOS/c22-18-11-21-20(12-19(18)23)24(17-9-5-2-6-10-17)13-16(14-26(21)25)15-7-3-1-4-8-15/h2,5-6,9-12,15-16H,1,3-4,7-8,13-14H2. The normalized spacial score (nSPS) is 24.2. The zero-order valence-electron chi connectivity index (χ0n) is 14.7. The zero-order valence-corrected chi connectivity index (χ0v) is 17.8. The van der Waals surface area contributed by atoms with Crippen LogP contribution in [0.15, 0.2) is 51.8 Å². The third-order valence-corrected chi connectivity index (χ3v) is 8.45. The van der Waals surface area contributed by atoms with Crippen LogP contribution in [0.5, 0.6) is 0 Å². The van der Waals surface area contributed by atoms with Crippen LogP contribution in [0.4, 0.5) is 11.4 Å². The van der Waals surface area contributed by atoms with Crippen molar-refractivity contribution in [1.82, 2.24) is 0 Å². The SMILES string of the molecule is O=S1CC(C2CCCCC2)CN(c2ccccc2)c2cc(Cl)c(Br)cc21. The summed E-state index contributed by atoms with van der Waals surface area (Å²) in [7, 11) is -1.01. The van der Waals surface area contributed by atoms with Crippen LogP contribution in [0.25, 0.3) is 0 Å². The largest absolute Gasteiger partial charge is 0.340 e. The van der Waals surface area contributed by atoms with Gasteiger partial charge in [0.05, 0.1) is 26.4 Å². The first-order valence-electron chi connectivity index (χ1n) is 9.33. The third-order valence-electron chi connectivity index (χ3n) is 5.70. The lowest BCUT2D eigenvalue weighted by Crippen LogP contribution is -2.32. The highest BCUT2D eigenvalue weighted by Crippen LogP contribution is 2.42. The van der Waals surface area contributed by atoms with Crippen molar-refractivity contribution in [3.05, 3.63) is 52.0 Å². The topological polar surface area (TPSA) is 20.3 Å². The molecule has 2 aliphatic rings. The Labute approximate surface area is 171 Å². The first-order chi connectivity index (χ1) is 12.6. The van der Waals surface area contributed by atoms with E-state index in [2.05, 4.69) is 45.1 Å². The van der Waals surface area contributed by atoms with E-state index in [1.54, 1.807) is 0 Å². The highest BCUT2D eigenvalue weighted by Gasteiger charge is 2.33. The Morgan fingerprint density at radius 3 is 2.50 bits per heavy atom. The van der Waals surface area contributed by atoms with Crippen molar-refractivity contribution in [3.63, 3.8) is 0 Å². The number of para-hydroxylation sites is 1. The van der Waals surface area contributed by atoms with Crippen LogP contribution < -0.4 is 4.90 Å². The fraction of sp³-hybridized carbons (Fsp3) is 0.429. The summed E-state index contributed by atoms with van der Waals surface area (Å²) in [6, 6.07) is 14.3. The van der Waals surface area contributed by atoms with Gasteiger partial charge in [-0.2, -0.15) is 0 Å². The van der Waals surface area contributed by atoms with E-state index in [1.807, 2.05) is 18.2 Å². The molecule has 0 N–H and O–H groups in total. The molecule has 4 rings (SSSR count). The van der Waals surface area contributed by atoms with Crippen LogP contribution in [0.3, 0.4) is 0 Å². The lowest BCUT2D eigenvalue weighted by molar-refractivity contribution is 0.271. The van der Waals surface area contributed by atoms with Crippen molar-refractivity contribution in [2.24, 2.45) is 11.8 Å². The molecule has 0 spiro atoms. The molecule has 2 nitrogen and oxygen atoms in total. The summed E-state index contributed by atoms with van der Waals surface area (Å²) in [4.78, 5) is 3.22. The second-order valence-corrected chi connectivity index (χ2v) is 10.1. The summed E-state index contributed by atoms with van der Waals surface area (Å²) >= 11 is 9.92. The lowest BCUT2D eigenvalue weighted by Gasteiger charge is -2.33. The molecule has 0 radical (unpaired) electrons. The maximum atomic E-state index is 13.2. The Hall–Kier alpha value is -0.840. The van der Waals surface area contributed by atoms with Gasteiger partial charge < -0.3 is 4.90 Å². The van der Waals surface area contributed by atoms with E-state index < -0.39 is 10.8 Å². The van der Waals surface area contributed by atoms with E-state index in [1.165, 1.54) is 32.1 Å². The molecule has 0 saturated heterocycles. The second-order valence-electron chi connectivity index (χ2n) is 7.35. The molecule has 0 amide bonds. The number of anilines is 2. The molecule has 0 bridgehead atoms. The minimum absolute atomic E-state index is 0.446. The van der Waals surface area contributed by atoms with Gasteiger partial charge in [0.25, 0.3) is 0 Å². The monoisotopic (exact) mass is 451 g/mol. The first kappa shape index (κ1) is 18.5. The molecule has 26 heavy (non-hydrogen) atoms. The van der Waals surface area contributed by atoms with Gasteiger partial charge in [-0.3, -0.25) is 4.21 Å². The van der Waals surface area contributed by atoms with Gasteiger partial charge in [0.2, 0.25) is 0 Å². The molecule has 2 aromatic rings. The Kier molecular flexibility index (Phi) is 5.72. The van der Waals surface area contributed by atoms with Crippen molar-refractivity contribution in [1.29, 1.82) is 0 Å². The minimum Gasteiger partial charge on any atom is -0.340 e. The summed E-state index contributed by atoms with van der Waals surface area (Å²) in [6.07, 6.45) is 6.50. The van der Waals surface area contributed by atoms with Crippen molar-refractivity contribution < 1.29 is 4.21 Å². The molecule has 1 saturated carbocycles. The van der Waals surface area contributed by atoms with Gasteiger partial charge in [-0.25, -0.2) is 0 Å². The first-order valence-corrected chi connectivity index (χ1v) is 11.8. The molecule has 1 fully saturated rings. The number of nitrogens with zero attached hydrogens (tertiary/aromatic N) is 1. The number of rotatable bonds is 2. The van der Waals surface area contributed by atoms with Gasteiger partial charge >= 0.3 is 0 Å². The summed E-state index contributed by atoms with van der Waals surface area (Å²) in [5.74, 6) is 1.86. The van der Waals surface area contributed by atoms with Gasteiger partial charge in [-0.05, 0) is 52.0 Å². The average Bonchev–Trinajstić information content (AvgIpc) is 2.81. The third kappa shape index (κ3) is 3.74. The van der Waals surface area contributed by atoms with Gasteiger partial charge in [0, 0.05) is 22.5 Å². The number of benzene rings is 2. The second kappa shape index (κ2) is 8.04. The van der Waals surface area contributed by atoms with Gasteiger partial charge in [-0.1, -0.05) is 61.9 Å². The molecule has 5 heteroatoms. The molecule has 0 aromatic heterocycles. The number of hydrogen-bond acceptors (Lipinski definition) is 2. The van der Waals surface area contributed by atoms with Crippen LogP contribution in [0.2, 0.25) is 5.02 Å². The number of hydrogen-bond donors (Lipinski definition) is 0. The minimum atomic E-state index is -1.01. The lowest BCUT2D eigenvalue weighted by atomic mass is 9.80. The highest BCUT2D eigenvalue weighted by atomic mass is 79.9. The average molecular weight is 453 g/mol. The molecule has 1 heterocycles. The zero-order chi connectivity index (χ0) is 18.1.